The smallest absolute Gasteiger partial charge is 0.328 e. The van der Waals surface area contributed by atoms with Crippen LogP contribution in [-0.4, -0.2) is 65.8 Å². The van der Waals surface area contributed by atoms with Gasteiger partial charge in [0, 0.05) is 26.1 Å². The number of likely N-dealkylation sites (tertiary alicyclic amines) is 1. The highest BCUT2D eigenvalue weighted by Gasteiger charge is 2.28. The Kier molecular flexibility index (Phi) is 5.56. The molecule has 1 saturated heterocycles. The van der Waals surface area contributed by atoms with Crippen LogP contribution >= 0.6 is 0 Å². The third-order valence-electron chi connectivity index (χ3n) is 3.18. The van der Waals surface area contributed by atoms with E-state index in [2.05, 4.69) is 10.6 Å². The molecule has 0 aromatic carbocycles. The summed E-state index contributed by atoms with van der Waals surface area (Å²) in [6.45, 7) is 0.124. The van der Waals surface area contributed by atoms with Gasteiger partial charge >= 0.3 is 12.0 Å². The number of aliphatic hydroxyl groups excluding tert-OH is 1. The SMILES string of the molecule is CNC(=O)C1CCN(C(=O)N[C@@H](CO)C(=O)O)CC1. The van der Waals surface area contributed by atoms with E-state index < -0.39 is 24.6 Å². The van der Waals surface area contributed by atoms with Crippen molar-refractivity contribution in [2.24, 2.45) is 5.92 Å². The summed E-state index contributed by atoms with van der Waals surface area (Å²) in [5, 5.41) is 22.3. The van der Waals surface area contributed by atoms with E-state index in [1.165, 1.54) is 4.90 Å². The molecule has 0 spiro atoms. The lowest BCUT2D eigenvalue weighted by molar-refractivity contribution is -0.140. The summed E-state index contributed by atoms with van der Waals surface area (Å²) in [7, 11) is 1.57. The number of carbonyl (C=O) groups excluding carboxylic acids is 2. The molecule has 1 heterocycles. The van der Waals surface area contributed by atoms with Crippen molar-refractivity contribution in [3.8, 4) is 0 Å². The standard InChI is InChI=1S/C11H19N3O5/c1-12-9(16)7-2-4-14(5-3-7)11(19)13-8(6-15)10(17)18/h7-8,15H,2-6H2,1H3,(H,12,16)(H,13,19)(H,17,18)/t8-/m0/s1. The number of carbonyl (C=O) groups is 3. The normalized spacial score (nSPS) is 17.7. The van der Waals surface area contributed by atoms with Crippen molar-refractivity contribution in [2.75, 3.05) is 26.7 Å². The molecule has 108 valence electrons. The number of nitrogens with one attached hydrogen (secondary N) is 2. The number of aliphatic hydroxyl groups is 1. The molecule has 8 nitrogen and oxygen atoms in total. The molecule has 3 amide bonds. The van der Waals surface area contributed by atoms with Crippen LogP contribution in [0.15, 0.2) is 0 Å². The van der Waals surface area contributed by atoms with Gasteiger partial charge in [-0.3, -0.25) is 4.79 Å². The maximum atomic E-state index is 11.8. The monoisotopic (exact) mass is 273 g/mol. The molecule has 0 unspecified atom stereocenters. The summed E-state index contributed by atoms with van der Waals surface area (Å²) in [6, 6.07) is -1.83. The number of hydrogen-bond donors (Lipinski definition) is 4. The number of rotatable bonds is 4. The molecule has 0 saturated carbocycles. The number of nitrogens with zero attached hydrogens (tertiary/aromatic N) is 1. The van der Waals surface area contributed by atoms with Crippen molar-refractivity contribution in [2.45, 2.75) is 18.9 Å². The molecule has 0 bridgehead atoms. The number of carboxylic acids is 1. The molecule has 8 heteroatoms. The highest BCUT2D eigenvalue weighted by molar-refractivity contribution is 5.83. The van der Waals surface area contributed by atoms with Crippen LogP contribution in [0.5, 0.6) is 0 Å². The molecule has 1 rings (SSSR count). The maximum Gasteiger partial charge on any atom is 0.328 e. The minimum Gasteiger partial charge on any atom is -0.480 e. The summed E-state index contributed by atoms with van der Waals surface area (Å²) >= 11 is 0. The predicted molar refractivity (Wildman–Crippen MR) is 65.4 cm³/mol. The summed E-state index contributed by atoms with van der Waals surface area (Å²) in [5.41, 5.74) is 0. The van der Waals surface area contributed by atoms with Gasteiger partial charge in [-0.2, -0.15) is 0 Å². The molecule has 0 aliphatic carbocycles. The van der Waals surface area contributed by atoms with Gasteiger partial charge in [0.15, 0.2) is 6.04 Å². The average Bonchev–Trinajstić information content (AvgIpc) is 2.43. The van der Waals surface area contributed by atoms with Gasteiger partial charge in [-0.05, 0) is 12.8 Å². The topological polar surface area (TPSA) is 119 Å². The number of hydrogen-bond acceptors (Lipinski definition) is 4. The second-order valence-corrected chi connectivity index (χ2v) is 4.40. The maximum absolute atomic E-state index is 11.8. The first-order valence-electron chi connectivity index (χ1n) is 6.10. The van der Waals surface area contributed by atoms with Crippen LogP contribution < -0.4 is 10.6 Å². The van der Waals surface area contributed by atoms with Crippen LogP contribution in [-0.2, 0) is 9.59 Å². The minimum atomic E-state index is -1.30. The number of aliphatic carboxylic acids is 1. The first-order valence-corrected chi connectivity index (χ1v) is 6.10. The Balaban J connectivity index is 2.44. The van der Waals surface area contributed by atoms with E-state index in [0.717, 1.165) is 0 Å². The molecule has 1 atom stereocenters. The summed E-state index contributed by atoms with van der Waals surface area (Å²) in [5.74, 6) is -1.43. The van der Waals surface area contributed by atoms with Crippen molar-refractivity contribution in [1.29, 1.82) is 0 Å². The Morgan fingerprint density at radius 3 is 2.32 bits per heavy atom. The fourth-order valence-electron chi connectivity index (χ4n) is 1.97. The number of urea groups is 1. The number of carboxylic acid groups (broad SMARTS) is 1. The van der Waals surface area contributed by atoms with E-state index in [4.69, 9.17) is 10.2 Å². The molecular formula is C11H19N3O5. The quantitative estimate of drug-likeness (QED) is 0.502. The zero-order chi connectivity index (χ0) is 14.4. The zero-order valence-corrected chi connectivity index (χ0v) is 10.8. The first-order chi connectivity index (χ1) is 8.99. The van der Waals surface area contributed by atoms with Gasteiger partial charge in [-0.1, -0.05) is 0 Å². The molecule has 1 aliphatic rings. The van der Waals surface area contributed by atoms with E-state index in [-0.39, 0.29) is 11.8 Å². The van der Waals surface area contributed by atoms with Crippen LogP contribution in [0, 0.1) is 5.92 Å². The van der Waals surface area contributed by atoms with E-state index in [0.29, 0.717) is 25.9 Å². The average molecular weight is 273 g/mol. The van der Waals surface area contributed by atoms with Crippen LogP contribution in [0.1, 0.15) is 12.8 Å². The third-order valence-corrected chi connectivity index (χ3v) is 3.18. The van der Waals surface area contributed by atoms with Crippen molar-refractivity contribution < 1.29 is 24.6 Å². The Morgan fingerprint density at radius 1 is 1.32 bits per heavy atom. The van der Waals surface area contributed by atoms with Gasteiger partial charge in [0.25, 0.3) is 0 Å². The van der Waals surface area contributed by atoms with Crippen molar-refractivity contribution in [3.05, 3.63) is 0 Å². The van der Waals surface area contributed by atoms with E-state index in [1.54, 1.807) is 7.05 Å². The second kappa shape index (κ2) is 6.93. The third kappa shape index (κ3) is 4.09. The summed E-state index contributed by atoms with van der Waals surface area (Å²) in [4.78, 5) is 35.3. The van der Waals surface area contributed by atoms with Crippen LogP contribution in [0.2, 0.25) is 0 Å². The van der Waals surface area contributed by atoms with Crippen LogP contribution in [0.4, 0.5) is 4.79 Å². The Morgan fingerprint density at radius 2 is 1.89 bits per heavy atom. The van der Waals surface area contributed by atoms with Gasteiger partial charge < -0.3 is 25.7 Å². The summed E-state index contributed by atoms with van der Waals surface area (Å²) in [6.07, 6.45) is 1.09. The van der Waals surface area contributed by atoms with Gasteiger partial charge in [-0.25, -0.2) is 9.59 Å². The molecule has 19 heavy (non-hydrogen) atoms. The molecule has 1 aliphatic heterocycles. The van der Waals surface area contributed by atoms with E-state index in [1.807, 2.05) is 0 Å². The van der Waals surface area contributed by atoms with Gasteiger partial charge in [0.2, 0.25) is 5.91 Å². The second-order valence-electron chi connectivity index (χ2n) is 4.40. The van der Waals surface area contributed by atoms with Crippen LogP contribution in [0.3, 0.4) is 0 Å². The Bertz CT molecular complexity index is 352. The number of amides is 3. The fraction of sp³-hybridized carbons (Fsp3) is 0.727. The molecule has 0 radical (unpaired) electrons. The fourth-order valence-corrected chi connectivity index (χ4v) is 1.97. The number of piperidine rings is 1. The summed E-state index contributed by atoms with van der Waals surface area (Å²) < 4.78 is 0. The van der Waals surface area contributed by atoms with Crippen molar-refractivity contribution in [3.63, 3.8) is 0 Å². The lowest BCUT2D eigenvalue weighted by Crippen LogP contribution is -2.52. The molecular weight excluding hydrogens is 254 g/mol. The minimum absolute atomic E-state index is 0.0428. The predicted octanol–water partition coefficient (Wildman–Crippen LogP) is -1.40. The highest BCUT2D eigenvalue weighted by atomic mass is 16.4. The van der Waals surface area contributed by atoms with E-state index in [9.17, 15) is 14.4 Å². The van der Waals surface area contributed by atoms with Crippen molar-refractivity contribution in [1.82, 2.24) is 15.5 Å². The zero-order valence-electron chi connectivity index (χ0n) is 10.8. The van der Waals surface area contributed by atoms with Gasteiger partial charge in [-0.15, -0.1) is 0 Å². The first kappa shape index (κ1) is 15.2. The van der Waals surface area contributed by atoms with Crippen LogP contribution in [0.25, 0.3) is 0 Å². The largest absolute Gasteiger partial charge is 0.480 e. The van der Waals surface area contributed by atoms with Crippen molar-refractivity contribution >= 4 is 17.9 Å². The molecule has 0 aromatic rings. The van der Waals surface area contributed by atoms with Gasteiger partial charge in [0.1, 0.15) is 0 Å². The van der Waals surface area contributed by atoms with E-state index >= 15 is 0 Å². The molecule has 4 N–H and O–H groups in total. The van der Waals surface area contributed by atoms with Gasteiger partial charge in [0.05, 0.1) is 6.61 Å². The highest BCUT2D eigenvalue weighted by Crippen LogP contribution is 2.17. The Hall–Kier alpha value is -1.83. The lowest BCUT2D eigenvalue weighted by atomic mass is 9.96. The Labute approximate surface area is 110 Å². The molecule has 1 fully saturated rings. The lowest BCUT2D eigenvalue weighted by Gasteiger charge is -2.31. The molecule has 0 aromatic heterocycles.